The molecule has 2 aliphatic rings. The second-order valence-electron chi connectivity index (χ2n) is 7.23. The first-order valence-corrected chi connectivity index (χ1v) is 11.4. The molecule has 0 unspecified atom stereocenters. The van der Waals surface area contributed by atoms with E-state index in [0.29, 0.717) is 45.9 Å². The van der Waals surface area contributed by atoms with Crippen LogP contribution in [-0.2, 0) is 9.53 Å². The van der Waals surface area contributed by atoms with E-state index in [2.05, 4.69) is 20.8 Å². The van der Waals surface area contributed by atoms with E-state index in [1.165, 1.54) is 11.3 Å². The number of hydrogen-bond donors (Lipinski definition) is 0. The number of rotatable bonds is 4. The molecule has 2 amide bonds. The predicted octanol–water partition coefficient (Wildman–Crippen LogP) is 2.79. The Morgan fingerprint density at radius 2 is 1.55 bits per heavy atom. The molecule has 4 rings (SSSR count). The lowest BCUT2D eigenvalue weighted by molar-refractivity contribution is -0.134. The van der Waals surface area contributed by atoms with Crippen molar-refractivity contribution in [2.75, 3.05) is 59.0 Å². The molecule has 2 saturated heterocycles. The first kappa shape index (κ1) is 20.5. The van der Waals surface area contributed by atoms with Crippen LogP contribution in [0.15, 0.2) is 40.9 Å². The van der Waals surface area contributed by atoms with Crippen LogP contribution in [0, 0.1) is 0 Å². The molecule has 8 heteroatoms. The van der Waals surface area contributed by atoms with Crippen molar-refractivity contribution < 1.29 is 14.3 Å². The van der Waals surface area contributed by atoms with Gasteiger partial charge in [-0.25, -0.2) is 0 Å². The number of nitrogens with zero attached hydrogens (tertiary/aromatic N) is 3. The second kappa shape index (κ2) is 9.38. The van der Waals surface area contributed by atoms with Gasteiger partial charge in [0.1, 0.15) is 0 Å². The SMILES string of the molecule is O=C(CN1CCOCC1)N1CCN(C(=O)c2ccc(-c3ccc(Br)cc3)s2)CC1. The summed E-state index contributed by atoms with van der Waals surface area (Å²) in [7, 11) is 0. The summed E-state index contributed by atoms with van der Waals surface area (Å²) < 4.78 is 6.37. The molecular formula is C21H24BrN3O3S. The maximum Gasteiger partial charge on any atom is 0.264 e. The van der Waals surface area contributed by atoms with Gasteiger partial charge in [0.05, 0.1) is 24.6 Å². The minimum Gasteiger partial charge on any atom is -0.379 e. The van der Waals surface area contributed by atoms with Gasteiger partial charge in [0.15, 0.2) is 0 Å². The lowest BCUT2D eigenvalue weighted by Gasteiger charge is -2.36. The van der Waals surface area contributed by atoms with Crippen LogP contribution in [0.5, 0.6) is 0 Å². The Morgan fingerprint density at radius 1 is 0.897 bits per heavy atom. The van der Waals surface area contributed by atoms with Crippen LogP contribution in [0.2, 0.25) is 0 Å². The van der Waals surface area contributed by atoms with Crippen LogP contribution < -0.4 is 0 Å². The Hall–Kier alpha value is -1.74. The lowest BCUT2D eigenvalue weighted by Crippen LogP contribution is -2.53. The lowest BCUT2D eigenvalue weighted by atomic mass is 10.2. The Bertz CT molecular complexity index is 856. The average molecular weight is 478 g/mol. The van der Waals surface area contributed by atoms with Gasteiger partial charge in [0.2, 0.25) is 5.91 Å². The van der Waals surface area contributed by atoms with Crippen molar-refractivity contribution in [1.82, 2.24) is 14.7 Å². The number of hydrogen-bond acceptors (Lipinski definition) is 5. The molecule has 2 aromatic rings. The Morgan fingerprint density at radius 3 is 2.24 bits per heavy atom. The smallest absolute Gasteiger partial charge is 0.264 e. The summed E-state index contributed by atoms with van der Waals surface area (Å²) in [6.07, 6.45) is 0. The van der Waals surface area contributed by atoms with Gasteiger partial charge in [-0.1, -0.05) is 28.1 Å². The molecule has 0 radical (unpaired) electrons. The monoisotopic (exact) mass is 477 g/mol. The minimum absolute atomic E-state index is 0.0543. The molecule has 0 N–H and O–H groups in total. The van der Waals surface area contributed by atoms with E-state index in [9.17, 15) is 9.59 Å². The van der Waals surface area contributed by atoms with Crippen LogP contribution in [0.25, 0.3) is 10.4 Å². The maximum atomic E-state index is 12.9. The fourth-order valence-corrected chi connectivity index (χ4v) is 4.83. The maximum absolute atomic E-state index is 12.9. The molecule has 2 aliphatic heterocycles. The van der Waals surface area contributed by atoms with Gasteiger partial charge in [-0.3, -0.25) is 14.5 Å². The number of halogens is 1. The Kier molecular flexibility index (Phi) is 6.64. The van der Waals surface area contributed by atoms with Crippen molar-refractivity contribution in [1.29, 1.82) is 0 Å². The predicted molar refractivity (Wildman–Crippen MR) is 117 cm³/mol. The third-order valence-electron chi connectivity index (χ3n) is 5.33. The van der Waals surface area contributed by atoms with Gasteiger partial charge >= 0.3 is 0 Å². The topological polar surface area (TPSA) is 53.1 Å². The van der Waals surface area contributed by atoms with Crippen molar-refractivity contribution in [3.8, 4) is 10.4 Å². The molecule has 154 valence electrons. The van der Waals surface area contributed by atoms with Gasteiger partial charge in [-0.2, -0.15) is 0 Å². The number of amides is 2. The van der Waals surface area contributed by atoms with Crippen LogP contribution >= 0.6 is 27.3 Å². The van der Waals surface area contributed by atoms with Crippen LogP contribution in [0.4, 0.5) is 0 Å². The molecule has 6 nitrogen and oxygen atoms in total. The fraction of sp³-hybridized carbons (Fsp3) is 0.429. The van der Waals surface area contributed by atoms with Crippen molar-refractivity contribution in [3.63, 3.8) is 0 Å². The van der Waals surface area contributed by atoms with Gasteiger partial charge < -0.3 is 14.5 Å². The number of carbonyl (C=O) groups excluding carboxylic acids is 2. The molecule has 0 bridgehead atoms. The number of benzene rings is 1. The summed E-state index contributed by atoms with van der Waals surface area (Å²) in [5.41, 5.74) is 1.11. The molecule has 2 fully saturated rings. The summed E-state index contributed by atoms with van der Waals surface area (Å²) in [5.74, 6) is 0.200. The summed E-state index contributed by atoms with van der Waals surface area (Å²) in [5, 5.41) is 0. The summed E-state index contributed by atoms with van der Waals surface area (Å²) in [4.78, 5) is 33.1. The summed E-state index contributed by atoms with van der Waals surface area (Å²) in [6, 6.07) is 12.0. The number of ether oxygens (including phenoxy) is 1. The van der Waals surface area contributed by atoms with Gasteiger partial charge in [0.25, 0.3) is 5.91 Å². The van der Waals surface area contributed by atoms with Crippen LogP contribution in [0.1, 0.15) is 9.67 Å². The molecule has 0 spiro atoms. The number of thiophene rings is 1. The molecule has 1 aromatic heterocycles. The number of morpholine rings is 1. The molecule has 29 heavy (non-hydrogen) atoms. The van der Waals surface area contributed by atoms with Gasteiger partial charge in [-0.05, 0) is 29.8 Å². The van der Waals surface area contributed by atoms with E-state index in [4.69, 9.17) is 4.74 Å². The second-order valence-corrected chi connectivity index (χ2v) is 9.23. The highest BCUT2D eigenvalue weighted by atomic mass is 79.9. The first-order chi connectivity index (χ1) is 14.1. The van der Waals surface area contributed by atoms with Crippen molar-refractivity contribution in [3.05, 3.63) is 45.7 Å². The van der Waals surface area contributed by atoms with Crippen LogP contribution in [-0.4, -0.2) is 85.5 Å². The highest BCUT2D eigenvalue weighted by molar-refractivity contribution is 9.10. The van der Waals surface area contributed by atoms with E-state index in [1.54, 1.807) is 0 Å². The molecular weight excluding hydrogens is 454 g/mol. The van der Waals surface area contributed by atoms with Crippen molar-refractivity contribution in [2.45, 2.75) is 0 Å². The highest BCUT2D eigenvalue weighted by Gasteiger charge is 2.27. The van der Waals surface area contributed by atoms with Crippen molar-refractivity contribution >= 4 is 39.1 Å². The van der Waals surface area contributed by atoms with Gasteiger partial charge in [-0.15, -0.1) is 11.3 Å². The van der Waals surface area contributed by atoms with E-state index in [-0.39, 0.29) is 11.8 Å². The number of piperazine rings is 1. The van der Waals surface area contributed by atoms with E-state index >= 15 is 0 Å². The Labute approximate surface area is 183 Å². The molecule has 3 heterocycles. The first-order valence-electron chi connectivity index (χ1n) is 9.83. The normalized spacial score (nSPS) is 18.1. The quantitative estimate of drug-likeness (QED) is 0.679. The zero-order valence-electron chi connectivity index (χ0n) is 16.2. The fourth-order valence-electron chi connectivity index (χ4n) is 3.59. The summed E-state index contributed by atoms with van der Waals surface area (Å²) >= 11 is 4.97. The minimum atomic E-state index is 0.0543. The third-order valence-corrected chi connectivity index (χ3v) is 6.98. The molecule has 0 aliphatic carbocycles. The van der Waals surface area contributed by atoms with E-state index in [0.717, 1.165) is 32.9 Å². The zero-order valence-corrected chi connectivity index (χ0v) is 18.6. The van der Waals surface area contributed by atoms with Gasteiger partial charge in [0, 0.05) is 48.6 Å². The highest BCUT2D eigenvalue weighted by Crippen LogP contribution is 2.30. The zero-order chi connectivity index (χ0) is 20.2. The van der Waals surface area contributed by atoms with E-state index < -0.39 is 0 Å². The molecule has 0 saturated carbocycles. The standard InChI is InChI=1S/C21H24BrN3O3S/c22-17-3-1-16(2-4-17)18-5-6-19(29-18)21(27)25-9-7-24(8-10-25)20(26)15-23-11-13-28-14-12-23/h1-6H,7-15H2. The number of carbonyl (C=O) groups is 2. The summed E-state index contributed by atoms with van der Waals surface area (Å²) in [6.45, 7) is 5.81. The largest absolute Gasteiger partial charge is 0.379 e. The van der Waals surface area contributed by atoms with Crippen molar-refractivity contribution in [2.24, 2.45) is 0 Å². The van der Waals surface area contributed by atoms with E-state index in [1.807, 2.05) is 46.2 Å². The third kappa shape index (κ3) is 5.06. The van der Waals surface area contributed by atoms with Crippen LogP contribution in [0.3, 0.4) is 0 Å². The Balaban J connectivity index is 1.31. The molecule has 0 atom stereocenters. The molecule has 1 aromatic carbocycles. The average Bonchev–Trinajstić information content (AvgIpc) is 3.25.